The van der Waals surface area contributed by atoms with Gasteiger partial charge in [-0.15, -0.1) is 11.3 Å². The highest BCUT2D eigenvalue weighted by atomic mass is 35.5. The van der Waals surface area contributed by atoms with Crippen LogP contribution in [0.2, 0.25) is 5.02 Å². The number of nitrogens with zero attached hydrogens (tertiary/aromatic N) is 2. The van der Waals surface area contributed by atoms with E-state index in [1.807, 2.05) is 13.0 Å². The SMILES string of the molecule is COC(=O)c1ccccc1NC(=O)CSc1nc2ccsc2c(=O)n1-c1ccc(Cl)c(C)c1. The molecule has 0 atom stereocenters. The fraction of sp³-hybridized carbons (Fsp3) is 0.130. The lowest BCUT2D eigenvalue weighted by Gasteiger charge is -2.13. The highest BCUT2D eigenvalue weighted by molar-refractivity contribution is 7.99. The number of hydrogen-bond acceptors (Lipinski definition) is 7. The quantitative estimate of drug-likeness (QED) is 0.230. The summed E-state index contributed by atoms with van der Waals surface area (Å²) in [5.74, 6) is -0.922. The third kappa shape index (κ3) is 4.80. The maximum atomic E-state index is 13.2. The number of carbonyl (C=O) groups is 2. The van der Waals surface area contributed by atoms with Crippen LogP contribution in [-0.2, 0) is 9.53 Å². The first-order valence-electron chi connectivity index (χ1n) is 9.76. The van der Waals surface area contributed by atoms with Crippen LogP contribution in [0.1, 0.15) is 15.9 Å². The highest BCUT2D eigenvalue weighted by Gasteiger charge is 2.18. The van der Waals surface area contributed by atoms with Crippen molar-refractivity contribution in [1.82, 2.24) is 9.55 Å². The lowest BCUT2D eigenvalue weighted by Crippen LogP contribution is -2.22. The van der Waals surface area contributed by atoms with Crippen LogP contribution in [0.4, 0.5) is 5.69 Å². The van der Waals surface area contributed by atoms with E-state index in [4.69, 9.17) is 16.3 Å². The summed E-state index contributed by atoms with van der Waals surface area (Å²) in [6, 6.07) is 13.6. The molecule has 7 nitrogen and oxygen atoms in total. The summed E-state index contributed by atoms with van der Waals surface area (Å²) < 4.78 is 6.78. The minimum atomic E-state index is -0.546. The molecule has 4 aromatic rings. The number of ether oxygens (including phenoxy) is 1. The number of anilines is 1. The first-order chi connectivity index (χ1) is 15.9. The van der Waals surface area contributed by atoms with Gasteiger partial charge in [0.1, 0.15) is 4.70 Å². The van der Waals surface area contributed by atoms with Gasteiger partial charge >= 0.3 is 5.97 Å². The molecule has 2 aromatic heterocycles. The van der Waals surface area contributed by atoms with E-state index in [0.29, 0.717) is 31.8 Å². The van der Waals surface area contributed by atoms with Crippen molar-refractivity contribution in [2.24, 2.45) is 0 Å². The molecule has 168 valence electrons. The molecule has 0 unspecified atom stereocenters. The van der Waals surface area contributed by atoms with E-state index in [1.54, 1.807) is 47.8 Å². The standard InChI is InChI=1S/C23H18ClN3O4S2/c1-13-11-14(7-8-16(13)24)27-21(29)20-18(9-10-32-20)26-23(27)33-12-19(28)25-17-6-4-3-5-15(17)22(30)31-2/h3-11H,12H2,1-2H3,(H,25,28). The predicted molar refractivity (Wildman–Crippen MR) is 132 cm³/mol. The zero-order valence-corrected chi connectivity index (χ0v) is 20.0. The second-order valence-electron chi connectivity index (χ2n) is 6.98. The zero-order valence-electron chi connectivity index (χ0n) is 17.6. The number of halogens is 1. The van der Waals surface area contributed by atoms with E-state index in [2.05, 4.69) is 10.3 Å². The van der Waals surface area contributed by atoms with Crippen molar-refractivity contribution in [3.05, 3.63) is 80.4 Å². The van der Waals surface area contributed by atoms with Crippen LogP contribution in [-0.4, -0.2) is 34.3 Å². The molecule has 0 spiro atoms. The largest absolute Gasteiger partial charge is 0.465 e. The van der Waals surface area contributed by atoms with E-state index < -0.39 is 5.97 Å². The van der Waals surface area contributed by atoms with Gasteiger partial charge in [0, 0.05) is 5.02 Å². The fourth-order valence-electron chi connectivity index (χ4n) is 3.18. The molecule has 0 fully saturated rings. The Balaban J connectivity index is 1.64. The number of methoxy groups -OCH3 is 1. The first-order valence-corrected chi connectivity index (χ1v) is 12.0. The van der Waals surface area contributed by atoms with Crippen LogP contribution in [0.5, 0.6) is 0 Å². The molecule has 0 aliphatic carbocycles. The van der Waals surface area contributed by atoms with Crippen molar-refractivity contribution in [3.63, 3.8) is 0 Å². The van der Waals surface area contributed by atoms with Crippen molar-refractivity contribution in [2.75, 3.05) is 18.2 Å². The number of nitrogens with one attached hydrogen (secondary N) is 1. The van der Waals surface area contributed by atoms with E-state index >= 15 is 0 Å². The van der Waals surface area contributed by atoms with E-state index in [-0.39, 0.29) is 22.8 Å². The molecule has 10 heteroatoms. The van der Waals surface area contributed by atoms with Crippen molar-refractivity contribution >= 4 is 62.5 Å². The smallest absolute Gasteiger partial charge is 0.339 e. The Morgan fingerprint density at radius 1 is 1.21 bits per heavy atom. The van der Waals surface area contributed by atoms with Gasteiger partial charge in [-0.25, -0.2) is 9.78 Å². The van der Waals surface area contributed by atoms with Crippen LogP contribution in [0.3, 0.4) is 0 Å². The number of fused-ring (bicyclic) bond motifs is 1. The predicted octanol–water partition coefficient (Wildman–Crippen LogP) is 4.93. The Morgan fingerprint density at radius 2 is 2.00 bits per heavy atom. The van der Waals surface area contributed by atoms with Gasteiger partial charge in [0.05, 0.1) is 35.3 Å². The lowest BCUT2D eigenvalue weighted by atomic mass is 10.2. The summed E-state index contributed by atoms with van der Waals surface area (Å²) in [6.45, 7) is 1.85. The summed E-state index contributed by atoms with van der Waals surface area (Å²) in [5, 5.41) is 5.51. The zero-order chi connectivity index (χ0) is 23.5. The second-order valence-corrected chi connectivity index (χ2v) is 9.24. The molecule has 0 aliphatic rings. The summed E-state index contributed by atoms with van der Waals surface area (Å²) in [6.07, 6.45) is 0. The van der Waals surface area contributed by atoms with Gasteiger partial charge in [-0.05, 0) is 54.3 Å². The van der Waals surface area contributed by atoms with E-state index in [1.165, 1.54) is 23.0 Å². The van der Waals surface area contributed by atoms with Crippen LogP contribution in [0.25, 0.3) is 15.9 Å². The molecular weight excluding hydrogens is 482 g/mol. The molecule has 33 heavy (non-hydrogen) atoms. The average Bonchev–Trinajstić information content (AvgIpc) is 3.29. The summed E-state index contributed by atoms with van der Waals surface area (Å²) in [4.78, 5) is 42.5. The Bertz CT molecular complexity index is 1430. The summed E-state index contributed by atoms with van der Waals surface area (Å²) >= 11 is 8.60. The number of aromatic nitrogens is 2. The van der Waals surface area contributed by atoms with Crippen LogP contribution < -0.4 is 10.9 Å². The summed E-state index contributed by atoms with van der Waals surface area (Å²) in [5.41, 5.74) is 2.40. The van der Waals surface area contributed by atoms with Crippen molar-refractivity contribution in [1.29, 1.82) is 0 Å². The van der Waals surface area contributed by atoms with E-state index in [9.17, 15) is 14.4 Å². The molecule has 0 aliphatic heterocycles. The Labute approximate surface area is 202 Å². The molecule has 4 rings (SSSR count). The molecule has 0 saturated carbocycles. The third-order valence-electron chi connectivity index (χ3n) is 4.79. The Morgan fingerprint density at radius 3 is 2.76 bits per heavy atom. The van der Waals surface area contributed by atoms with Gasteiger partial charge in [-0.2, -0.15) is 0 Å². The molecule has 0 saturated heterocycles. The van der Waals surface area contributed by atoms with Crippen molar-refractivity contribution < 1.29 is 14.3 Å². The first kappa shape index (κ1) is 23.0. The molecule has 0 bridgehead atoms. The van der Waals surface area contributed by atoms with E-state index in [0.717, 1.165) is 17.3 Å². The molecular formula is C23H18ClN3O4S2. The monoisotopic (exact) mass is 499 g/mol. The number of thioether (sulfide) groups is 1. The number of benzene rings is 2. The number of hydrogen-bond donors (Lipinski definition) is 1. The second kappa shape index (κ2) is 9.78. The topological polar surface area (TPSA) is 90.3 Å². The molecule has 0 radical (unpaired) electrons. The molecule has 2 aromatic carbocycles. The fourth-order valence-corrected chi connectivity index (χ4v) is 4.87. The summed E-state index contributed by atoms with van der Waals surface area (Å²) in [7, 11) is 1.28. The maximum Gasteiger partial charge on any atom is 0.339 e. The minimum absolute atomic E-state index is 0.0236. The highest BCUT2D eigenvalue weighted by Crippen LogP contribution is 2.26. The van der Waals surface area contributed by atoms with Gasteiger partial charge in [0.2, 0.25) is 5.91 Å². The Kier molecular flexibility index (Phi) is 6.83. The number of thiophene rings is 1. The van der Waals surface area contributed by atoms with Gasteiger partial charge in [0.15, 0.2) is 5.16 Å². The lowest BCUT2D eigenvalue weighted by molar-refractivity contribution is -0.113. The normalized spacial score (nSPS) is 10.9. The number of para-hydroxylation sites is 1. The van der Waals surface area contributed by atoms with Crippen molar-refractivity contribution in [3.8, 4) is 5.69 Å². The van der Waals surface area contributed by atoms with Gasteiger partial charge in [0.25, 0.3) is 5.56 Å². The number of carbonyl (C=O) groups excluding carboxylic acids is 2. The van der Waals surface area contributed by atoms with Gasteiger partial charge < -0.3 is 10.1 Å². The molecule has 1 N–H and O–H groups in total. The molecule has 2 heterocycles. The van der Waals surface area contributed by atoms with Crippen LogP contribution >= 0.6 is 34.7 Å². The number of rotatable bonds is 6. The maximum absolute atomic E-state index is 13.2. The van der Waals surface area contributed by atoms with Crippen molar-refractivity contribution in [2.45, 2.75) is 12.1 Å². The number of amides is 1. The average molecular weight is 500 g/mol. The van der Waals surface area contributed by atoms with Gasteiger partial charge in [-0.3, -0.25) is 14.2 Å². The number of aryl methyl sites for hydroxylation is 1. The minimum Gasteiger partial charge on any atom is -0.465 e. The van der Waals surface area contributed by atoms with Crippen LogP contribution in [0.15, 0.2) is 63.9 Å². The third-order valence-corrected chi connectivity index (χ3v) is 7.04. The van der Waals surface area contributed by atoms with Gasteiger partial charge in [-0.1, -0.05) is 35.5 Å². The van der Waals surface area contributed by atoms with Crippen LogP contribution in [0, 0.1) is 6.92 Å². The molecule has 1 amide bonds. The Hall–Kier alpha value is -3.14. The number of esters is 1.